The van der Waals surface area contributed by atoms with Crippen molar-refractivity contribution in [3.8, 4) is 5.75 Å². The van der Waals surface area contributed by atoms with Gasteiger partial charge < -0.3 is 9.30 Å². The topological polar surface area (TPSA) is 44.1 Å². The largest absolute Gasteiger partial charge is 0.484 e. The third-order valence-corrected chi connectivity index (χ3v) is 2.99. The zero-order valence-electron chi connectivity index (χ0n) is 9.26. The second-order valence-electron chi connectivity index (χ2n) is 3.55. The summed E-state index contributed by atoms with van der Waals surface area (Å²) in [7, 11) is 1.91. The molecular formula is C12H11BrN2O2. The smallest absolute Gasteiger partial charge is 0.150 e. The van der Waals surface area contributed by atoms with E-state index in [4.69, 9.17) is 4.74 Å². The van der Waals surface area contributed by atoms with Crippen molar-refractivity contribution < 1.29 is 9.53 Å². The predicted molar refractivity (Wildman–Crippen MR) is 67.1 cm³/mol. The van der Waals surface area contributed by atoms with Gasteiger partial charge >= 0.3 is 0 Å². The molecule has 0 saturated heterocycles. The molecule has 0 unspecified atom stereocenters. The van der Waals surface area contributed by atoms with Gasteiger partial charge in [-0.15, -0.1) is 0 Å². The minimum absolute atomic E-state index is 0.391. The molecule has 0 fully saturated rings. The van der Waals surface area contributed by atoms with Gasteiger partial charge in [0.1, 0.15) is 24.5 Å². The monoisotopic (exact) mass is 294 g/mol. The number of carbonyl (C=O) groups is 1. The number of carbonyl (C=O) groups excluding carboxylic acids is 1. The highest BCUT2D eigenvalue weighted by atomic mass is 79.9. The Kier molecular flexibility index (Phi) is 3.58. The van der Waals surface area contributed by atoms with E-state index in [9.17, 15) is 4.79 Å². The molecule has 1 aromatic carbocycles. The summed E-state index contributed by atoms with van der Waals surface area (Å²) in [4.78, 5) is 14.7. The molecule has 1 aromatic heterocycles. The van der Waals surface area contributed by atoms with Crippen molar-refractivity contribution in [1.29, 1.82) is 0 Å². The third kappa shape index (κ3) is 2.74. The van der Waals surface area contributed by atoms with Crippen molar-refractivity contribution >= 4 is 22.2 Å². The Morgan fingerprint density at radius 3 is 2.94 bits per heavy atom. The van der Waals surface area contributed by atoms with E-state index in [-0.39, 0.29) is 0 Å². The first-order chi connectivity index (χ1) is 8.20. The first kappa shape index (κ1) is 11.9. The maximum Gasteiger partial charge on any atom is 0.150 e. The molecule has 17 heavy (non-hydrogen) atoms. The summed E-state index contributed by atoms with van der Waals surface area (Å²) in [6.07, 6.45) is 4.39. The number of hydrogen-bond acceptors (Lipinski definition) is 3. The molecule has 2 aromatic rings. The van der Waals surface area contributed by atoms with E-state index in [0.717, 1.165) is 16.6 Å². The van der Waals surface area contributed by atoms with Crippen LogP contribution in [0.3, 0.4) is 0 Å². The quantitative estimate of drug-likeness (QED) is 0.814. The van der Waals surface area contributed by atoms with Crippen LogP contribution in [0.15, 0.2) is 35.1 Å². The van der Waals surface area contributed by atoms with Crippen molar-refractivity contribution in [3.05, 3.63) is 46.5 Å². The molecule has 5 heteroatoms. The molecule has 4 nitrogen and oxygen atoms in total. The fourth-order valence-corrected chi connectivity index (χ4v) is 1.90. The van der Waals surface area contributed by atoms with E-state index in [0.29, 0.717) is 17.9 Å². The number of ether oxygens (including phenoxy) is 1. The predicted octanol–water partition coefficient (Wildman–Crippen LogP) is 2.57. The van der Waals surface area contributed by atoms with Crippen LogP contribution in [0.25, 0.3) is 0 Å². The van der Waals surface area contributed by atoms with Crippen LogP contribution in [-0.4, -0.2) is 15.8 Å². The Morgan fingerprint density at radius 2 is 2.35 bits per heavy atom. The fourth-order valence-electron chi connectivity index (χ4n) is 1.39. The highest BCUT2D eigenvalue weighted by Gasteiger charge is 2.05. The Bertz CT molecular complexity index is 537. The first-order valence-corrected chi connectivity index (χ1v) is 5.83. The Morgan fingerprint density at radius 1 is 1.53 bits per heavy atom. The van der Waals surface area contributed by atoms with Crippen molar-refractivity contribution in [1.82, 2.24) is 9.55 Å². The van der Waals surface area contributed by atoms with Crippen LogP contribution in [0.1, 0.15) is 16.2 Å². The van der Waals surface area contributed by atoms with Gasteiger partial charge in [0.2, 0.25) is 0 Å². The SMILES string of the molecule is Cn1ccnc1COc1ccc(C=O)cc1Br. The molecule has 0 aliphatic carbocycles. The molecule has 0 N–H and O–H groups in total. The molecule has 0 saturated carbocycles. The summed E-state index contributed by atoms with van der Waals surface area (Å²) >= 11 is 3.36. The minimum atomic E-state index is 0.391. The summed E-state index contributed by atoms with van der Waals surface area (Å²) in [5.74, 6) is 1.54. The molecule has 0 radical (unpaired) electrons. The molecule has 0 atom stereocenters. The van der Waals surface area contributed by atoms with Gasteiger partial charge in [-0.2, -0.15) is 0 Å². The molecule has 0 spiro atoms. The van der Waals surface area contributed by atoms with Gasteiger partial charge in [-0.3, -0.25) is 4.79 Å². The minimum Gasteiger partial charge on any atom is -0.484 e. The maximum atomic E-state index is 10.6. The molecule has 1 heterocycles. The average Bonchev–Trinajstić information content (AvgIpc) is 2.73. The van der Waals surface area contributed by atoms with Gasteiger partial charge in [0, 0.05) is 25.0 Å². The van der Waals surface area contributed by atoms with Crippen molar-refractivity contribution in [2.75, 3.05) is 0 Å². The number of imidazole rings is 1. The molecule has 88 valence electrons. The highest BCUT2D eigenvalue weighted by Crippen LogP contribution is 2.26. The second-order valence-corrected chi connectivity index (χ2v) is 4.41. The highest BCUT2D eigenvalue weighted by molar-refractivity contribution is 9.10. The van der Waals surface area contributed by atoms with E-state index in [2.05, 4.69) is 20.9 Å². The lowest BCUT2D eigenvalue weighted by molar-refractivity contribution is 0.112. The number of benzene rings is 1. The first-order valence-electron chi connectivity index (χ1n) is 5.04. The average molecular weight is 295 g/mol. The number of rotatable bonds is 4. The van der Waals surface area contributed by atoms with Crippen molar-refractivity contribution in [2.45, 2.75) is 6.61 Å². The Balaban J connectivity index is 2.09. The molecule has 0 amide bonds. The summed E-state index contributed by atoms with van der Waals surface area (Å²) in [5.41, 5.74) is 0.612. The molecule has 0 bridgehead atoms. The van der Waals surface area contributed by atoms with Gasteiger partial charge in [-0.25, -0.2) is 4.98 Å². The lowest BCUT2D eigenvalue weighted by Gasteiger charge is -2.08. The third-order valence-electron chi connectivity index (χ3n) is 2.37. The van der Waals surface area contributed by atoms with Crippen LogP contribution in [0.2, 0.25) is 0 Å². The summed E-state index contributed by atoms with van der Waals surface area (Å²) in [5, 5.41) is 0. The normalized spacial score (nSPS) is 10.2. The van der Waals surface area contributed by atoms with Crippen LogP contribution < -0.4 is 4.74 Å². The van der Waals surface area contributed by atoms with Crippen LogP contribution >= 0.6 is 15.9 Å². The number of halogens is 1. The number of hydrogen-bond donors (Lipinski definition) is 0. The molecule has 0 aliphatic heterocycles. The number of nitrogens with zero attached hydrogens (tertiary/aromatic N) is 2. The number of aryl methyl sites for hydroxylation is 1. The number of aromatic nitrogens is 2. The molecular weight excluding hydrogens is 284 g/mol. The summed E-state index contributed by atoms with van der Waals surface area (Å²) in [6.45, 7) is 0.391. The zero-order chi connectivity index (χ0) is 12.3. The van der Waals surface area contributed by atoms with E-state index < -0.39 is 0 Å². The zero-order valence-corrected chi connectivity index (χ0v) is 10.8. The standard InChI is InChI=1S/C12H11BrN2O2/c1-15-5-4-14-12(15)8-17-11-3-2-9(7-16)6-10(11)13/h2-7H,8H2,1H3. The van der Waals surface area contributed by atoms with E-state index in [1.807, 2.05) is 17.8 Å². The molecule has 0 aliphatic rings. The van der Waals surface area contributed by atoms with Gasteiger partial charge in [-0.1, -0.05) is 0 Å². The molecule has 2 rings (SSSR count). The van der Waals surface area contributed by atoms with Crippen molar-refractivity contribution in [3.63, 3.8) is 0 Å². The van der Waals surface area contributed by atoms with Crippen LogP contribution in [0.5, 0.6) is 5.75 Å². The van der Waals surface area contributed by atoms with Crippen LogP contribution in [0, 0.1) is 0 Å². The van der Waals surface area contributed by atoms with E-state index in [1.54, 1.807) is 24.4 Å². The van der Waals surface area contributed by atoms with E-state index in [1.165, 1.54) is 0 Å². The Labute approximate surface area is 107 Å². The summed E-state index contributed by atoms with van der Waals surface area (Å²) < 4.78 is 8.27. The lowest BCUT2D eigenvalue weighted by atomic mass is 10.2. The van der Waals surface area contributed by atoms with Gasteiger partial charge in [0.25, 0.3) is 0 Å². The number of aldehydes is 1. The van der Waals surface area contributed by atoms with Gasteiger partial charge in [-0.05, 0) is 34.1 Å². The fraction of sp³-hybridized carbons (Fsp3) is 0.167. The second kappa shape index (κ2) is 5.14. The lowest BCUT2D eigenvalue weighted by Crippen LogP contribution is -2.03. The summed E-state index contributed by atoms with van der Waals surface area (Å²) in [6, 6.07) is 5.20. The van der Waals surface area contributed by atoms with Crippen molar-refractivity contribution in [2.24, 2.45) is 7.05 Å². The van der Waals surface area contributed by atoms with Gasteiger partial charge in [0.15, 0.2) is 0 Å². The van der Waals surface area contributed by atoms with Gasteiger partial charge in [0.05, 0.1) is 4.47 Å². The van der Waals surface area contributed by atoms with E-state index >= 15 is 0 Å². The Hall–Kier alpha value is -1.62. The van der Waals surface area contributed by atoms with Crippen LogP contribution in [-0.2, 0) is 13.7 Å². The maximum absolute atomic E-state index is 10.6. The van der Waals surface area contributed by atoms with Crippen LogP contribution in [0.4, 0.5) is 0 Å².